The van der Waals surface area contributed by atoms with Crippen LogP contribution in [0.15, 0.2) is 48.5 Å². The summed E-state index contributed by atoms with van der Waals surface area (Å²) in [5.74, 6) is -1.07. The lowest BCUT2D eigenvalue weighted by atomic mass is 9.94. The first kappa shape index (κ1) is 33.5. The van der Waals surface area contributed by atoms with Gasteiger partial charge in [-0.2, -0.15) is 5.10 Å². The summed E-state index contributed by atoms with van der Waals surface area (Å²) < 4.78 is 35.7. The van der Waals surface area contributed by atoms with Crippen molar-refractivity contribution in [1.29, 1.82) is 0 Å². The van der Waals surface area contributed by atoms with Gasteiger partial charge in [-0.15, -0.1) is 24.8 Å². The van der Waals surface area contributed by atoms with E-state index in [1.807, 2.05) is 30.3 Å². The van der Waals surface area contributed by atoms with Crippen LogP contribution in [0.2, 0.25) is 0 Å². The number of nitrogens with one attached hydrogen (secondary N) is 3. The first-order valence-electron chi connectivity index (χ1n) is 13.2. The number of benzene rings is 2. The van der Waals surface area contributed by atoms with E-state index >= 15 is 0 Å². The van der Waals surface area contributed by atoms with Gasteiger partial charge in [0.25, 0.3) is 0 Å². The Labute approximate surface area is 264 Å². The molecule has 2 saturated heterocycles. The molecule has 224 valence electrons. The zero-order chi connectivity index (χ0) is 27.4. The van der Waals surface area contributed by atoms with Gasteiger partial charge in [-0.1, -0.05) is 18.2 Å². The van der Waals surface area contributed by atoms with Crippen LogP contribution in [0.3, 0.4) is 0 Å². The van der Waals surface area contributed by atoms with Crippen molar-refractivity contribution >= 4 is 59.3 Å². The van der Waals surface area contributed by atoms with Crippen molar-refractivity contribution in [3.05, 3.63) is 75.0 Å². The van der Waals surface area contributed by atoms with Crippen LogP contribution < -0.4 is 16.0 Å². The molecular weight excluding hydrogens is 688 g/mol. The number of hydrogen-bond acceptors (Lipinski definition) is 5. The lowest BCUT2D eigenvalue weighted by molar-refractivity contribution is 0.159. The minimum atomic E-state index is -0.891. The highest BCUT2D eigenvalue weighted by atomic mass is 127. The molecule has 5 rings (SSSR count). The number of anilines is 1. The van der Waals surface area contributed by atoms with Gasteiger partial charge in [-0.05, 0) is 78.4 Å². The van der Waals surface area contributed by atoms with Crippen molar-refractivity contribution in [3.63, 3.8) is 0 Å². The molecule has 0 aliphatic carbocycles. The Balaban J connectivity index is 0.00000231. The van der Waals surface area contributed by atoms with Crippen LogP contribution in [-0.4, -0.2) is 73.2 Å². The second-order valence-electron chi connectivity index (χ2n) is 10.1. The van der Waals surface area contributed by atoms with Crippen molar-refractivity contribution < 1.29 is 18.3 Å². The Bertz CT molecular complexity index is 1310. The van der Waals surface area contributed by atoms with Crippen LogP contribution in [0, 0.1) is 15.2 Å². The van der Waals surface area contributed by atoms with E-state index in [0.717, 1.165) is 46.9 Å². The molecule has 13 heteroatoms. The van der Waals surface area contributed by atoms with Gasteiger partial charge in [0.2, 0.25) is 0 Å². The number of halogens is 5. The minimum Gasteiger partial charge on any atom is -0.383 e. The van der Waals surface area contributed by atoms with Gasteiger partial charge in [0, 0.05) is 48.2 Å². The van der Waals surface area contributed by atoms with Crippen molar-refractivity contribution in [2.24, 2.45) is 0 Å². The second kappa shape index (κ2) is 15.4. The number of carbonyl (C=O) groups is 1. The van der Waals surface area contributed by atoms with E-state index < -0.39 is 11.6 Å². The molecule has 3 aromatic rings. The van der Waals surface area contributed by atoms with E-state index in [-0.39, 0.29) is 42.8 Å². The van der Waals surface area contributed by atoms with Crippen LogP contribution in [0.5, 0.6) is 0 Å². The molecule has 0 saturated carbocycles. The topological polar surface area (TPSA) is 83.4 Å². The Hall–Kier alpha value is -2.03. The molecule has 2 amide bonds. The van der Waals surface area contributed by atoms with Crippen molar-refractivity contribution in [3.8, 4) is 5.69 Å². The van der Waals surface area contributed by atoms with Crippen LogP contribution in [0.1, 0.15) is 35.9 Å². The van der Waals surface area contributed by atoms with Gasteiger partial charge in [-0.3, -0.25) is 10.2 Å². The molecule has 3 N–H and O–H groups in total. The maximum absolute atomic E-state index is 14.1. The zero-order valence-electron chi connectivity index (χ0n) is 22.6. The van der Waals surface area contributed by atoms with Gasteiger partial charge in [0.15, 0.2) is 11.6 Å². The standard InChI is InChI=1S/C28H33F2IN6O2.2ClH/c1-39-13-12-36-16-20(19-6-7-21(29)22(30)14-19)25(17-36)33-28(38)34-27-15-24(18-8-10-32-11-9-18)35-37(27)26-5-3-2-4-23(26)31;;/h2-7,14-15,18,20,25,32H,8-13,16-17H2,1H3,(H2,33,34,38);2*1H/t20-,25+;;/m0../s1. The number of rotatable bonds is 8. The number of likely N-dealkylation sites (tertiary alicyclic amines) is 1. The van der Waals surface area contributed by atoms with E-state index in [9.17, 15) is 13.6 Å². The molecule has 0 spiro atoms. The van der Waals surface area contributed by atoms with Gasteiger partial charge in [-0.25, -0.2) is 18.3 Å². The number of methoxy groups -OCH3 is 1. The largest absolute Gasteiger partial charge is 0.383 e. The van der Waals surface area contributed by atoms with Gasteiger partial charge >= 0.3 is 6.03 Å². The van der Waals surface area contributed by atoms with Gasteiger partial charge < -0.3 is 15.4 Å². The number of carbonyl (C=O) groups excluding carboxylic acids is 1. The summed E-state index contributed by atoms with van der Waals surface area (Å²) >= 11 is 2.27. The normalized spacial score (nSPS) is 19.3. The van der Waals surface area contributed by atoms with E-state index in [1.54, 1.807) is 17.9 Å². The Kier molecular flexibility index (Phi) is 12.6. The molecule has 0 bridgehead atoms. The number of amides is 2. The summed E-state index contributed by atoms with van der Waals surface area (Å²) in [6, 6.07) is 13.2. The van der Waals surface area contributed by atoms with Crippen LogP contribution in [0.25, 0.3) is 5.69 Å². The molecule has 41 heavy (non-hydrogen) atoms. The quantitative estimate of drug-likeness (QED) is 0.275. The first-order valence-corrected chi connectivity index (χ1v) is 14.3. The van der Waals surface area contributed by atoms with Crippen molar-refractivity contribution in [1.82, 2.24) is 25.3 Å². The number of nitrogens with zero attached hydrogens (tertiary/aromatic N) is 3. The molecule has 2 aromatic carbocycles. The monoisotopic (exact) mass is 722 g/mol. The summed E-state index contributed by atoms with van der Waals surface area (Å²) in [5.41, 5.74) is 2.49. The van der Waals surface area contributed by atoms with E-state index in [2.05, 4.69) is 43.4 Å². The van der Waals surface area contributed by atoms with E-state index in [0.29, 0.717) is 43.5 Å². The fraction of sp³-hybridized carbons (Fsp3) is 0.429. The van der Waals surface area contributed by atoms with Crippen LogP contribution >= 0.6 is 47.4 Å². The number of urea groups is 1. The van der Waals surface area contributed by atoms with Crippen molar-refractivity contribution in [2.75, 3.05) is 51.8 Å². The number of hydrogen-bond donors (Lipinski definition) is 3. The third-order valence-corrected chi connectivity index (χ3v) is 8.42. The van der Waals surface area contributed by atoms with E-state index in [1.165, 1.54) is 6.07 Å². The average Bonchev–Trinajstić information content (AvgIpc) is 3.54. The van der Waals surface area contributed by atoms with Gasteiger partial charge in [0.05, 0.1) is 24.0 Å². The SMILES string of the molecule is COCCN1C[C@@H](NC(=O)Nc2cc(C3CCNCC3)nn2-c2ccccc2I)[C@H](c2ccc(F)c(F)c2)C1.Cl.Cl. The predicted octanol–water partition coefficient (Wildman–Crippen LogP) is 5.30. The number of para-hydroxylation sites is 1. The summed E-state index contributed by atoms with van der Waals surface area (Å²) in [5, 5.41) is 14.4. The number of piperidine rings is 1. The lowest BCUT2D eigenvalue weighted by Gasteiger charge is -2.21. The maximum Gasteiger partial charge on any atom is 0.320 e. The summed E-state index contributed by atoms with van der Waals surface area (Å²) in [6.07, 6.45) is 1.98. The van der Waals surface area contributed by atoms with Crippen molar-refractivity contribution in [2.45, 2.75) is 30.7 Å². The fourth-order valence-electron chi connectivity index (χ4n) is 5.45. The average molecular weight is 723 g/mol. The first-order chi connectivity index (χ1) is 18.9. The summed E-state index contributed by atoms with van der Waals surface area (Å²) in [7, 11) is 1.64. The smallest absolute Gasteiger partial charge is 0.320 e. The second-order valence-corrected chi connectivity index (χ2v) is 11.2. The molecule has 8 nitrogen and oxygen atoms in total. The Morgan fingerprint density at radius 2 is 1.85 bits per heavy atom. The summed E-state index contributed by atoms with van der Waals surface area (Å²) in [6.45, 7) is 4.26. The highest BCUT2D eigenvalue weighted by molar-refractivity contribution is 14.1. The molecule has 2 aliphatic rings. The highest BCUT2D eigenvalue weighted by Gasteiger charge is 2.35. The molecule has 3 heterocycles. The van der Waals surface area contributed by atoms with Crippen LogP contribution in [-0.2, 0) is 4.74 Å². The predicted molar refractivity (Wildman–Crippen MR) is 169 cm³/mol. The zero-order valence-corrected chi connectivity index (χ0v) is 26.4. The fourth-order valence-corrected chi connectivity index (χ4v) is 6.06. The van der Waals surface area contributed by atoms with E-state index in [4.69, 9.17) is 9.84 Å². The highest BCUT2D eigenvalue weighted by Crippen LogP contribution is 2.31. The number of aromatic nitrogens is 2. The lowest BCUT2D eigenvalue weighted by Crippen LogP contribution is -2.42. The molecule has 1 aromatic heterocycles. The molecular formula is C28H35Cl2F2IN6O2. The maximum atomic E-state index is 14.1. The third-order valence-electron chi connectivity index (χ3n) is 7.50. The summed E-state index contributed by atoms with van der Waals surface area (Å²) in [4.78, 5) is 15.5. The Morgan fingerprint density at radius 3 is 2.56 bits per heavy atom. The molecule has 2 fully saturated rings. The minimum absolute atomic E-state index is 0. The molecule has 0 radical (unpaired) electrons. The molecule has 0 unspecified atom stereocenters. The molecule has 2 atom stereocenters. The third kappa shape index (κ3) is 8.08. The Morgan fingerprint density at radius 1 is 1.10 bits per heavy atom. The van der Waals surface area contributed by atoms with Gasteiger partial charge in [0.1, 0.15) is 5.82 Å². The molecule has 2 aliphatic heterocycles. The number of ether oxygens (including phenoxy) is 1. The van der Waals surface area contributed by atoms with Crippen LogP contribution in [0.4, 0.5) is 19.4 Å².